The lowest BCUT2D eigenvalue weighted by molar-refractivity contribution is 0.469. The molecular weight excluding hydrogens is 249 g/mol. The summed E-state index contributed by atoms with van der Waals surface area (Å²) in [4.78, 5) is 4.38. The summed E-state index contributed by atoms with van der Waals surface area (Å²) < 4.78 is 14.0. The van der Waals surface area contributed by atoms with E-state index in [1.165, 1.54) is 23.5 Å². The lowest BCUT2D eigenvalue weighted by Gasteiger charge is -2.00. The maximum atomic E-state index is 13.1. The number of phenols is 1. The molecule has 90 valence electrons. The standard InChI is InChI=1S/C14H10FNOS/c15-10-5-6-13-11(8-10)16-14(18-13)7-9-3-1-2-4-12(9)17/h1-6,8,17H,7H2. The highest BCUT2D eigenvalue weighted by atomic mass is 32.1. The maximum Gasteiger partial charge on any atom is 0.125 e. The molecule has 0 fully saturated rings. The molecule has 0 amide bonds. The average Bonchev–Trinajstić information content (AvgIpc) is 2.73. The number of aromatic hydroxyl groups is 1. The van der Waals surface area contributed by atoms with Crippen molar-refractivity contribution in [2.75, 3.05) is 0 Å². The normalized spacial score (nSPS) is 10.9. The molecule has 0 spiro atoms. The zero-order chi connectivity index (χ0) is 12.5. The van der Waals surface area contributed by atoms with Crippen molar-refractivity contribution in [1.29, 1.82) is 0 Å². The number of fused-ring (bicyclic) bond motifs is 1. The van der Waals surface area contributed by atoms with E-state index in [0.717, 1.165) is 15.3 Å². The van der Waals surface area contributed by atoms with Gasteiger partial charge in [0.25, 0.3) is 0 Å². The van der Waals surface area contributed by atoms with Crippen LogP contribution in [0.4, 0.5) is 4.39 Å². The van der Waals surface area contributed by atoms with Crippen LogP contribution < -0.4 is 0 Å². The largest absolute Gasteiger partial charge is 0.508 e. The van der Waals surface area contributed by atoms with Crippen molar-refractivity contribution in [1.82, 2.24) is 4.98 Å². The monoisotopic (exact) mass is 259 g/mol. The Balaban J connectivity index is 1.98. The number of benzene rings is 2. The van der Waals surface area contributed by atoms with E-state index >= 15 is 0 Å². The van der Waals surface area contributed by atoms with Crippen molar-refractivity contribution in [3.05, 3.63) is 58.9 Å². The minimum absolute atomic E-state index is 0.267. The molecule has 1 N–H and O–H groups in total. The SMILES string of the molecule is Oc1ccccc1Cc1nc2cc(F)ccc2s1. The first-order valence-corrected chi connectivity index (χ1v) is 6.36. The van der Waals surface area contributed by atoms with Crippen molar-refractivity contribution in [3.8, 4) is 5.75 Å². The Hall–Kier alpha value is -1.94. The smallest absolute Gasteiger partial charge is 0.125 e. The molecule has 0 aliphatic carbocycles. The molecule has 0 aliphatic heterocycles. The Labute approximate surface area is 107 Å². The summed E-state index contributed by atoms with van der Waals surface area (Å²) in [6.07, 6.45) is 0.563. The van der Waals surface area contributed by atoms with E-state index in [9.17, 15) is 9.50 Å². The van der Waals surface area contributed by atoms with Crippen molar-refractivity contribution >= 4 is 21.6 Å². The number of halogens is 1. The van der Waals surface area contributed by atoms with Crippen LogP contribution in [0, 0.1) is 5.82 Å². The molecule has 0 saturated heterocycles. The van der Waals surface area contributed by atoms with Gasteiger partial charge in [0.15, 0.2) is 0 Å². The lowest BCUT2D eigenvalue weighted by Crippen LogP contribution is -1.87. The molecule has 0 saturated carbocycles. The van der Waals surface area contributed by atoms with Gasteiger partial charge in [-0.2, -0.15) is 0 Å². The molecule has 0 aliphatic rings. The highest BCUT2D eigenvalue weighted by Crippen LogP contribution is 2.26. The summed E-state index contributed by atoms with van der Waals surface area (Å²) in [7, 11) is 0. The van der Waals surface area contributed by atoms with Crippen LogP contribution in [0.15, 0.2) is 42.5 Å². The van der Waals surface area contributed by atoms with Crippen LogP contribution in [0.3, 0.4) is 0 Å². The molecule has 3 rings (SSSR count). The van der Waals surface area contributed by atoms with Gasteiger partial charge in [-0.05, 0) is 18.2 Å². The van der Waals surface area contributed by atoms with Crippen molar-refractivity contribution < 1.29 is 9.50 Å². The van der Waals surface area contributed by atoms with E-state index in [2.05, 4.69) is 4.98 Å². The fourth-order valence-electron chi connectivity index (χ4n) is 1.85. The highest BCUT2D eigenvalue weighted by molar-refractivity contribution is 7.18. The summed E-state index contributed by atoms with van der Waals surface area (Å²) in [5.41, 5.74) is 1.50. The third-order valence-corrected chi connectivity index (χ3v) is 3.76. The van der Waals surface area contributed by atoms with E-state index in [-0.39, 0.29) is 11.6 Å². The van der Waals surface area contributed by atoms with E-state index in [1.54, 1.807) is 18.2 Å². The quantitative estimate of drug-likeness (QED) is 0.760. The predicted molar refractivity (Wildman–Crippen MR) is 70.5 cm³/mol. The van der Waals surface area contributed by atoms with Crippen molar-refractivity contribution in [2.24, 2.45) is 0 Å². The number of hydrogen-bond donors (Lipinski definition) is 1. The summed E-state index contributed by atoms with van der Waals surface area (Å²) >= 11 is 1.52. The molecule has 18 heavy (non-hydrogen) atoms. The van der Waals surface area contributed by atoms with Gasteiger partial charge in [-0.3, -0.25) is 0 Å². The molecule has 1 aromatic heterocycles. The third kappa shape index (κ3) is 2.07. The molecule has 0 radical (unpaired) electrons. The second kappa shape index (κ2) is 4.38. The number of hydrogen-bond acceptors (Lipinski definition) is 3. The van der Waals surface area contributed by atoms with Gasteiger partial charge in [0.2, 0.25) is 0 Å². The summed E-state index contributed by atoms with van der Waals surface area (Å²) in [5.74, 6) is -0.00940. The van der Waals surface area contributed by atoms with E-state index < -0.39 is 0 Å². The van der Waals surface area contributed by atoms with Crippen molar-refractivity contribution in [3.63, 3.8) is 0 Å². The van der Waals surface area contributed by atoms with Crippen LogP contribution >= 0.6 is 11.3 Å². The zero-order valence-corrected chi connectivity index (χ0v) is 10.2. The minimum atomic E-state index is -0.276. The molecule has 2 nitrogen and oxygen atoms in total. The Morgan fingerprint density at radius 1 is 1.17 bits per heavy atom. The second-order valence-electron chi connectivity index (χ2n) is 4.03. The van der Waals surface area contributed by atoms with Gasteiger partial charge in [-0.1, -0.05) is 18.2 Å². The van der Waals surface area contributed by atoms with Gasteiger partial charge >= 0.3 is 0 Å². The lowest BCUT2D eigenvalue weighted by atomic mass is 10.1. The van der Waals surface area contributed by atoms with E-state index in [4.69, 9.17) is 0 Å². The van der Waals surface area contributed by atoms with E-state index in [1.807, 2.05) is 12.1 Å². The predicted octanol–water partition coefficient (Wildman–Crippen LogP) is 3.73. The Morgan fingerprint density at radius 3 is 2.83 bits per heavy atom. The molecule has 3 aromatic rings. The Bertz CT molecular complexity index is 708. The van der Waals surface area contributed by atoms with Gasteiger partial charge in [-0.15, -0.1) is 11.3 Å². The van der Waals surface area contributed by atoms with Gasteiger partial charge in [0.1, 0.15) is 11.6 Å². The molecule has 1 heterocycles. The average molecular weight is 259 g/mol. The summed E-state index contributed by atoms with van der Waals surface area (Å²) in [6.45, 7) is 0. The highest BCUT2D eigenvalue weighted by Gasteiger charge is 2.07. The fraction of sp³-hybridized carbons (Fsp3) is 0.0714. The first-order valence-electron chi connectivity index (χ1n) is 5.54. The van der Waals surface area contributed by atoms with Crippen LogP contribution in [0.25, 0.3) is 10.2 Å². The number of phenolic OH excluding ortho intramolecular Hbond substituents is 1. The minimum Gasteiger partial charge on any atom is -0.508 e. The molecular formula is C14H10FNOS. The molecule has 4 heteroatoms. The van der Waals surface area contributed by atoms with Crippen molar-refractivity contribution in [2.45, 2.75) is 6.42 Å². The van der Waals surface area contributed by atoms with Gasteiger partial charge in [0.05, 0.1) is 15.2 Å². The first-order chi connectivity index (χ1) is 8.72. The molecule has 0 unspecified atom stereocenters. The fourth-order valence-corrected chi connectivity index (χ4v) is 2.82. The van der Waals surface area contributed by atoms with Crippen LogP contribution in [0.1, 0.15) is 10.6 Å². The molecule has 0 bridgehead atoms. The topological polar surface area (TPSA) is 33.1 Å². The molecule has 2 aromatic carbocycles. The van der Waals surface area contributed by atoms with E-state index in [0.29, 0.717) is 11.9 Å². The van der Waals surface area contributed by atoms with Gasteiger partial charge in [0, 0.05) is 18.1 Å². The number of rotatable bonds is 2. The maximum absolute atomic E-state index is 13.1. The van der Waals surface area contributed by atoms with Crippen LogP contribution in [-0.2, 0) is 6.42 Å². The number of nitrogens with zero attached hydrogens (tertiary/aromatic N) is 1. The molecule has 0 atom stereocenters. The number of para-hydroxylation sites is 1. The summed E-state index contributed by atoms with van der Waals surface area (Å²) in [6, 6.07) is 11.8. The van der Waals surface area contributed by atoms with Gasteiger partial charge < -0.3 is 5.11 Å². The zero-order valence-electron chi connectivity index (χ0n) is 9.43. The second-order valence-corrected chi connectivity index (χ2v) is 5.14. The van der Waals surface area contributed by atoms with Crippen LogP contribution in [0.2, 0.25) is 0 Å². The Morgan fingerprint density at radius 2 is 2.00 bits per heavy atom. The Kier molecular flexibility index (Phi) is 2.72. The summed E-state index contributed by atoms with van der Waals surface area (Å²) in [5, 5.41) is 10.6. The van der Waals surface area contributed by atoms with Crippen LogP contribution in [-0.4, -0.2) is 10.1 Å². The third-order valence-electron chi connectivity index (χ3n) is 2.73. The van der Waals surface area contributed by atoms with Gasteiger partial charge in [-0.25, -0.2) is 9.37 Å². The number of aromatic nitrogens is 1. The first kappa shape index (κ1) is 11.2. The van der Waals surface area contributed by atoms with Crippen LogP contribution in [0.5, 0.6) is 5.75 Å². The number of thiazole rings is 1.